The molecule has 0 aliphatic rings. The third kappa shape index (κ3) is 6.68. The molecule has 12 nitrogen and oxygen atoms in total. The first-order valence-electron chi connectivity index (χ1n) is 13.5. The van der Waals surface area contributed by atoms with Crippen LogP contribution in [0.5, 0.6) is 5.75 Å². The number of hydrogen-bond acceptors (Lipinski definition) is 7. The van der Waals surface area contributed by atoms with Gasteiger partial charge >= 0.3 is 22.1 Å². The van der Waals surface area contributed by atoms with Crippen LogP contribution in [0, 0.1) is 0 Å². The molecule has 5 rings (SSSR count). The van der Waals surface area contributed by atoms with Gasteiger partial charge in [-0.05, 0) is 64.0 Å². The molecule has 5 aromatic carbocycles. The predicted molar refractivity (Wildman–Crippen MR) is 171 cm³/mol. The van der Waals surface area contributed by atoms with Gasteiger partial charge in [-0.2, -0.15) is 8.42 Å². The number of aliphatic carboxylic acids is 2. The van der Waals surface area contributed by atoms with Gasteiger partial charge in [-0.3, -0.25) is 14.1 Å². The van der Waals surface area contributed by atoms with Gasteiger partial charge in [0.25, 0.3) is 17.2 Å². The van der Waals surface area contributed by atoms with Crippen LogP contribution in [0.3, 0.4) is 0 Å². The lowest BCUT2D eigenvalue weighted by Crippen LogP contribution is -2.44. The maximum absolute atomic E-state index is 13.9. The minimum atomic E-state index is -4.46. The van der Waals surface area contributed by atoms with E-state index < -0.39 is 57.3 Å². The fourth-order valence-electron chi connectivity index (χ4n) is 4.92. The molecule has 0 spiro atoms. The second kappa shape index (κ2) is 13.0. The second-order valence-corrected chi connectivity index (χ2v) is 12.5. The van der Waals surface area contributed by atoms with Gasteiger partial charge in [0.05, 0.1) is 23.4 Å². The summed E-state index contributed by atoms with van der Waals surface area (Å²) in [4.78, 5) is 37.6. The molecule has 46 heavy (non-hydrogen) atoms. The molecule has 236 valence electrons. The van der Waals surface area contributed by atoms with Crippen molar-refractivity contribution in [3.63, 3.8) is 0 Å². The maximum Gasteiger partial charge on any atom is 0.339 e. The highest BCUT2D eigenvalue weighted by Crippen LogP contribution is 2.36. The van der Waals surface area contributed by atoms with Crippen molar-refractivity contribution in [1.82, 2.24) is 4.90 Å². The molecule has 0 radical (unpaired) electrons. The van der Waals surface area contributed by atoms with Crippen molar-refractivity contribution in [2.75, 3.05) is 11.4 Å². The average molecular weight is 663 g/mol. The molecule has 0 saturated carbocycles. The smallest absolute Gasteiger partial charge is 0.339 e. The molecule has 0 aromatic heterocycles. The van der Waals surface area contributed by atoms with Gasteiger partial charge in [-0.1, -0.05) is 60.7 Å². The number of hydrogen-bond donors (Lipinski definition) is 3. The van der Waals surface area contributed by atoms with E-state index in [4.69, 9.17) is 4.18 Å². The van der Waals surface area contributed by atoms with Gasteiger partial charge in [-0.25, -0.2) is 13.3 Å². The summed E-state index contributed by atoms with van der Waals surface area (Å²) in [5, 5.41) is 21.9. The number of likely N-dealkylation sites (N-methyl/N-ethyl adjacent to an activating group) is 1. The Morgan fingerprint density at radius 3 is 1.98 bits per heavy atom. The maximum atomic E-state index is 13.9. The molecule has 2 atom stereocenters. The minimum absolute atomic E-state index is 0.175. The van der Waals surface area contributed by atoms with Crippen molar-refractivity contribution in [3.05, 3.63) is 109 Å². The van der Waals surface area contributed by atoms with Crippen LogP contribution in [0.25, 0.3) is 21.5 Å². The number of carbonyl (C=O) groups excluding carboxylic acids is 1. The van der Waals surface area contributed by atoms with Crippen molar-refractivity contribution in [1.29, 1.82) is 0 Å². The van der Waals surface area contributed by atoms with Crippen LogP contribution in [0.4, 0.5) is 11.4 Å². The number of fused-ring (bicyclic) bond motifs is 2. The zero-order chi connectivity index (χ0) is 33.2. The summed E-state index contributed by atoms with van der Waals surface area (Å²) in [5.41, 5.74) is -0.460. The summed E-state index contributed by atoms with van der Waals surface area (Å²) in [5.74, 6) is -4.53. The Hall–Kier alpha value is -5.31. The average Bonchev–Trinajstić information content (AvgIpc) is 3.02. The van der Waals surface area contributed by atoms with Crippen LogP contribution >= 0.6 is 0 Å². The highest BCUT2D eigenvalue weighted by atomic mass is 32.2. The zero-order valence-corrected chi connectivity index (χ0v) is 25.6. The van der Waals surface area contributed by atoms with Crippen molar-refractivity contribution in [2.24, 2.45) is 0 Å². The third-order valence-electron chi connectivity index (χ3n) is 7.20. The molecule has 0 aliphatic carbocycles. The van der Waals surface area contributed by atoms with Crippen LogP contribution < -0.4 is 8.49 Å². The van der Waals surface area contributed by atoms with E-state index in [1.165, 1.54) is 30.3 Å². The van der Waals surface area contributed by atoms with Crippen LogP contribution in [0.1, 0.15) is 16.8 Å². The van der Waals surface area contributed by atoms with Gasteiger partial charge in [0.2, 0.25) is 0 Å². The van der Waals surface area contributed by atoms with Crippen molar-refractivity contribution in [2.45, 2.75) is 17.4 Å². The fourth-order valence-corrected chi connectivity index (χ4v) is 6.50. The summed E-state index contributed by atoms with van der Waals surface area (Å²) in [6, 6.07) is 25.0. The molecule has 2 unspecified atom stereocenters. The van der Waals surface area contributed by atoms with E-state index in [-0.39, 0.29) is 22.0 Å². The molecule has 0 heterocycles. The van der Waals surface area contributed by atoms with E-state index in [2.05, 4.69) is 0 Å². The Balaban J connectivity index is 1.62. The van der Waals surface area contributed by atoms with Crippen LogP contribution in [0.2, 0.25) is 0 Å². The summed E-state index contributed by atoms with van der Waals surface area (Å²) < 4.78 is 56.1. The number of nitrogens with zero attached hydrogens (tertiary/aromatic N) is 2. The Bertz CT molecular complexity index is 2130. The number of carboxylic acids is 2. The van der Waals surface area contributed by atoms with Gasteiger partial charge in [0, 0.05) is 7.05 Å². The first-order valence-corrected chi connectivity index (χ1v) is 16.0. The number of benzene rings is 5. The lowest BCUT2D eigenvalue weighted by molar-refractivity contribution is -0.148. The summed E-state index contributed by atoms with van der Waals surface area (Å²) >= 11 is -2.79. The third-order valence-corrected chi connectivity index (χ3v) is 9.16. The molecule has 0 fully saturated rings. The lowest BCUT2D eigenvalue weighted by Gasteiger charge is -2.28. The van der Waals surface area contributed by atoms with Crippen molar-refractivity contribution >= 4 is 72.2 Å². The van der Waals surface area contributed by atoms with E-state index in [1.807, 2.05) is 12.1 Å². The topological polar surface area (TPSA) is 179 Å². The zero-order valence-electron chi connectivity index (χ0n) is 24.0. The Morgan fingerprint density at radius 2 is 1.39 bits per heavy atom. The molecule has 14 heteroatoms. The fraction of sp³-hybridized carbons (Fsp3) is 0.0938. The molecule has 5 aromatic rings. The van der Waals surface area contributed by atoms with E-state index in [9.17, 15) is 41.8 Å². The Morgan fingerprint density at radius 1 is 0.804 bits per heavy atom. The first kappa shape index (κ1) is 32.1. The normalized spacial score (nSPS) is 12.7. The van der Waals surface area contributed by atoms with E-state index >= 15 is 0 Å². The SMILES string of the molecule is CN(C(=O)c1cc(OS(=O)(=O)c2ccc3ccccc3c2)ccc1N(c1ccc2ccccc2c1)S(=O)O)C(CC(=O)O)C(=O)O. The second-order valence-electron chi connectivity index (χ2n) is 10.1. The van der Waals surface area contributed by atoms with E-state index in [0.29, 0.717) is 15.7 Å². The summed E-state index contributed by atoms with van der Waals surface area (Å²) in [6.45, 7) is 0. The summed E-state index contributed by atoms with van der Waals surface area (Å²) in [6.07, 6.45) is -0.945. The van der Waals surface area contributed by atoms with Crippen LogP contribution in [0.15, 0.2) is 108 Å². The summed E-state index contributed by atoms with van der Waals surface area (Å²) in [7, 11) is -3.40. The van der Waals surface area contributed by atoms with Gasteiger partial charge in [0.1, 0.15) is 16.7 Å². The molecular formula is C32H26N2O10S2. The number of rotatable bonds is 11. The van der Waals surface area contributed by atoms with Gasteiger partial charge in [0.15, 0.2) is 0 Å². The first-order chi connectivity index (χ1) is 21.9. The van der Waals surface area contributed by atoms with Crippen molar-refractivity contribution < 1.29 is 46.0 Å². The molecule has 1 amide bonds. The Kier molecular flexibility index (Phi) is 9.05. The minimum Gasteiger partial charge on any atom is -0.481 e. The molecule has 0 bridgehead atoms. The van der Waals surface area contributed by atoms with E-state index in [1.54, 1.807) is 54.6 Å². The number of amides is 1. The molecule has 3 N–H and O–H groups in total. The van der Waals surface area contributed by atoms with Crippen molar-refractivity contribution in [3.8, 4) is 5.75 Å². The molecular weight excluding hydrogens is 636 g/mol. The van der Waals surface area contributed by atoms with E-state index in [0.717, 1.165) is 28.2 Å². The lowest BCUT2D eigenvalue weighted by atomic mass is 10.1. The predicted octanol–water partition coefficient (Wildman–Crippen LogP) is 5.04. The number of carboxylic acid groups (broad SMARTS) is 2. The number of carbonyl (C=O) groups is 3. The standard InChI is InChI=1S/C32H26N2O10S2/c1-33(29(32(38)39)19-30(35)36)31(37)27-18-25(44-46(42,43)26-14-11-21-7-3-5-9-23(21)17-26)13-15-28(27)34(45(40)41)24-12-10-20-6-2-4-8-22(20)16-24/h2-18,29H,19H2,1H3,(H,35,36)(H,38,39)(H,40,41). The van der Waals surface area contributed by atoms with Gasteiger partial charge in [-0.15, -0.1) is 0 Å². The molecule has 0 saturated heterocycles. The Labute approximate surface area is 265 Å². The monoisotopic (exact) mass is 662 g/mol. The quantitative estimate of drug-likeness (QED) is 0.128. The molecule has 0 aliphatic heterocycles. The van der Waals surface area contributed by atoms with Crippen LogP contribution in [-0.2, 0) is 31.0 Å². The van der Waals surface area contributed by atoms with Gasteiger partial charge < -0.3 is 19.3 Å². The van der Waals surface area contributed by atoms with Crippen LogP contribution in [-0.4, -0.2) is 63.2 Å². The number of anilines is 2. The largest absolute Gasteiger partial charge is 0.481 e. The highest BCUT2D eigenvalue weighted by molar-refractivity contribution is 7.87. The highest BCUT2D eigenvalue weighted by Gasteiger charge is 2.33.